The number of carbonyl (C=O) groups excluding carboxylic acids is 1. The SMILES string of the molecule is CC(C(=O)NC1CCCCCC1)c1ccc(C2(N)CC2)cc1. The summed E-state index contributed by atoms with van der Waals surface area (Å²) in [4.78, 5) is 12.5. The van der Waals surface area contributed by atoms with Crippen molar-refractivity contribution in [3.63, 3.8) is 0 Å². The molecule has 2 aliphatic rings. The molecule has 0 radical (unpaired) electrons. The molecule has 0 spiro atoms. The second-order valence-corrected chi connectivity index (χ2v) is 7.20. The Kier molecular flexibility index (Phi) is 4.53. The molecule has 120 valence electrons. The van der Waals surface area contributed by atoms with Crippen LogP contribution >= 0.6 is 0 Å². The van der Waals surface area contributed by atoms with Crippen LogP contribution in [0.3, 0.4) is 0 Å². The number of rotatable bonds is 4. The fourth-order valence-corrected chi connectivity index (χ4v) is 3.43. The summed E-state index contributed by atoms with van der Waals surface area (Å²) in [5.41, 5.74) is 8.40. The van der Waals surface area contributed by atoms with Gasteiger partial charge in [-0.3, -0.25) is 4.79 Å². The summed E-state index contributed by atoms with van der Waals surface area (Å²) in [5.74, 6) is 0.0683. The van der Waals surface area contributed by atoms with Crippen molar-refractivity contribution < 1.29 is 4.79 Å². The zero-order valence-electron chi connectivity index (χ0n) is 13.6. The number of hydrogen-bond donors (Lipinski definition) is 2. The highest BCUT2D eigenvalue weighted by Gasteiger charge is 2.39. The van der Waals surface area contributed by atoms with Crippen LogP contribution in [0.1, 0.15) is 75.3 Å². The molecule has 1 amide bonds. The number of nitrogens with one attached hydrogen (secondary N) is 1. The van der Waals surface area contributed by atoms with Gasteiger partial charge in [0, 0.05) is 11.6 Å². The average molecular weight is 300 g/mol. The van der Waals surface area contributed by atoms with Crippen LogP contribution < -0.4 is 11.1 Å². The van der Waals surface area contributed by atoms with Crippen LogP contribution in [0, 0.1) is 0 Å². The lowest BCUT2D eigenvalue weighted by Gasteiger charge is -2.20. The van der Waals surface area contributed by atoms with E-state index >= 15 is 0 Å². The van der Waals surface area contributed by atoms with E-state index in [1.165, 1.54) is 31.2 Å². The minimum absolute atomic E-state index is 0.0924. The summed E-state index contributed by atoms with van der Waals surface area (Å²) in [6, 6.07) is 8.70. The molecule has 2 fully saturated rings. The Labute approximate surface area is 133 Å². The smallest absolute Gasteiger partial charge is 0.227 e. The van der Waals surface area contributed by atoms with Gasteiger partial charge < -0.3 is 11.1 Å². The van der Waals surface area contributed by atoms with E-state index < -0.39 is 0 Å². The minimum Gasteiger partial charge on any atom is -0.353 e. The molecule has 3 heteroatoms. The summed E-state index contributed by atoms with van der Waals surface area (Å²) in [5, 5.41) is 3.25. The topological polar surface area (TPSA) is 55.1 Å². The zero-order chi connectivity index (χ0) is 15.6. The first-order valence-corrected chi connectivity index (χ1v) is 8.78. The summed E-state index contributed by atoms with van der Waals surface area (Å²) < 4.78 is 0. The minimum atomic E-state index is -0.0929. The van der Waals surface area contributed by atoms with Gasteiger partial charge in [0.2, 0.25) is 5.91 Å². The standard InChI is InChI=1S/C19H28N2O/c1-14(18(22)21-17-6-4-2-3-5-7-17)15-8-10-16(11-9-15)19(20)12-13-19/h8-11,14,17H,2-7,12-13,20H2,1H3,(H,21,22). The molecule has 2 aliphatic carbocycles. The van der Waals surface area contributed by atoms with Crippen molar-refractivity contribution >= 4 is 5.91 Å². The molecule has 0 aliphatic heterocycles. The van der Waals surface area contributed by atoms with E-state index in [4.69, 9.17) is 5.73 Å². The number of hydrogen-bond acceptors (Lipinski definition) is 2. The Morgan fingerprint density at radius 3 is 2.27 bits per heavy atom. The maximum atomic E-state index is 12.5. The van der Waals surface area contributed by atoms with Crippen molar-refractivity contribution in [2.24, 2.45) is 5.73 Å². The lowest BCUT2D eigenvalue weighted by molar-refractivity contribution is -0.123. The van der Waals surface area contributed by atoms with Gasteiger partial charge in [-0.2, -0.15) is 0 Å². The van der Waals surface area contributed by atoms with Crippen molar-refractivity contribution in [2.75, 3.05) is 0 Å². The predicted molar refractivity (Wildman–Crippen MR) is 89.6 cm³/mol. The molecule has 1 aromatic carbocycles. The van der Waals surface area contributed by atoms with E-state index in [9.17, 15) is 4.79 Å². The van der Waals surface area contributed by atoms with Gasteiger partial charge in [-0.05, 0) is 43.7 Å². The molecule has 0 saturated heterocycles. The van der Waals surface area contributed by atoms with Gasteiger partial charge >= 0.3 is 0 Å². The van der Waals surface area contributed by atoms with Crippen LogP contribution in [0.25, 0.3) is 0 Å². The van der Waals surface area contributed by atoms with Gasteiger partial charge in [-0.1, -0.05) is 49.9 Å². The molecule has 1 aromatic rings. The van der Waals surface area contributed by atoms with Crippen LogP contribution in [-0.4, -0.2) is 11.9 Å². The molecule has 0 aromatic heterocycles. The first-order chi connectivity index (χ1) is 10.6. The Morgan fingerprint density at radius 2 is 1.73 bits per heavy atom. The van der Waals surface area contributed by atoms with Gasteiger partial charge in [0.15, 0.2) is 0 Å². The lowest BCUT2D eigenvalue weighted by atomic mass is 9.96. The fraction of sp³-hybridized carbons (Fsp3) is 0.632. The van der Waals surface area contributed by atoms with Crippen LogP contribution in [-0.2, 0) is 10.3 Å². The molecule has 0 heterocycles. The van der Waals surface area contributed by atoms with E-state index in [1.54, 1.807) is 0 Å². The summed E-state index contributed by atoms with van der Waals surface area (Å²) in [7, 11) is 0. The van der Waals surface area contributed by atoms with E-state index in [0.29, 0.717) is 6.04 Å². The van der Waals surface area contributed by atoms with Crippen LogP contribution in [0.5, 0.6) is 0 Å². The van der Waals surface area contributed by atoms with Crippen molar-refractivity contribution in [1.29, 1.82) is 0 Å². The maximum Gasteiger partial charge on any atom is 0.227 e. The van der Waals surface area contributed by atoms with Gasteiger partial charge in [-0.15, -0.1) is 0 Å². The van der Waals surface area contributed by atoms with Gasteiger partial charge in [0.1, 0.15) is 0 Å². The van der Waals surface area contributed by atoms with E-state index in [0.717, 1.165) is 31.2 Å². The Morgan fingerprint density at radius 1 is 1.14 bits per heavy atom. The number of benzene rings is 1. The summed E-state index contributed by atoms with van der Waals surface area (Å²) >= 11 is 0. The fourth-order valence-electron chi connectivity index (χ4n) is 3.43. The van der Waals surface area contributed by atoms with Crippen LogP contribution in [0.2, 0.25) is 0 Å². The van der Waals surface area contributed by atoms with E-state index in [2.05, 4.69) is 29.6 Å². The molecule has 22 heavy (non-hydrogen) atoms. The highest BCUT2D eigenvalue weighted by Crippen LogP contribution is 2.42. The van der Waals surface area contributed by atoms with Crippen molar-refractivity contribution in [2.45, 2.75) is 75.8 Å². The lowest BCUT2D eigenvalue weighted by Crippen LogP contribution is -2.37. The van der Waals surface area contributed by atoms with Crippen LogP contribution in [0.4, 0.5) is 0 Å². The zero-order valence-corrected chi connectivity index (χ0v) is 13.6. The number of amides is 1. The first kappa shape index (κ1) is 15.5. The summed E-state index contributed by atoms with van der Waals surface area (Å²) in [6.07, 6.45) is 9.52. The third kappa shape index (κ3) is 3.52. The monoisotopic (exact) mass is 300 g/mol. The highest BCUT2D eigenvalue weighted by atomic mass is 16.1. The molecule has 1 unspecified atom stereocenters. The molecule has 0 bridgehead atoms. The van der Waals surface area contributed by atoms with Crippen molar-refractivity contribution in [3.05, 3.63) is 35.4 Å². The van der Waals surface area contributed by atoms with Crippen LogP contribution in [0.15, 0.2) is 24.3 Å². The second-order valence-electron chi connectivity index (χ2n) is 7.20. The number of nitrogens with two attached hydrogens (primary N) is 1. The van der Waals surface area contributed by atoms with Crippen molar-refractivity contribution in [3.8, 4) is 0 Å². The second kappa shape index (κ2) is 6.41. The van der Waals surface area contributed by atoms with Gasteiger partial charge in [0.05, 0.1) is 5.92 Å². The highest BCUT2D eigenvalue weighted by molar-refractivity contribution is 5.83. The maximum absolute atomic E-state index is 12.5. The van der Waals surface area contributed by atoms with Gasteiger partial charge in [-0.25, -0.2) is 0 Å². The third-order valence-electron chi connectivity index (χ3n) is 5.37. The Balaban J connectivity index is 1.59. The normalized spacial score (nSPS) is 22.6. The molecule has 1 atom stereocenters. The Hall–Kier alpha value is -1.35. The predicted octanol–water partition coefficient (Wildman–Crippen LogP) is 3.58. The molecule has 2 saturated carbocycles. The quantitative estimate of drug-likeness (QED) is 0.835. The summed E-state index contributed by atoms with van der Waals surface area (Å²) in [6.45, 7) is 2.00. The van der Waals surface area contributed by atoms with Crippen molar-refractivity contribution in [1.82, 2.24) is 5.32 Å². The third-order valence-corrected chi connectivity index (χ3v) is 5.37. The average Bonchev–Trinajstić information content (AvgIpc) is 3.32. The molecular formula is C19H28N2O. The molecule has 3 rings (SSSR count). The van der Waals surface area contributed by atoms with E-state index in [-0.39, 0.29) is 17.4 Å². The van der Waals surface area contributed by atoms with E-state index in [1.807, 2.05) is 6.92 Å². The largest absolute Gasteiger partial charge is 0.353 e. The van der Waals surface area contributed by atoms with Gasteiger partial charge in [0.25, 0.3) is 0 Å². The first-order valence-electron chi connectivity index (χ1n) is 8.78. The molecule has 3 nitrogen and oxygen atoms in total. The molecular weight excluding hydrogens is 272 g/mol. The molecule has 3 N–H and O–H groups in total. The number of carbonyl (C=O) groups is 1. The Bertz CT molecular complexity index is 511.